The molecule has 17 heavy (non-hydrogen) atoms. The van der Waals surface area contributed by atoms with Gasteiger partial charge in [-0.25, -0.2) is 0 Å². The van der Waals surface area contributed by atoms with Crippen LogP contribution in [0.3, 0.4) is 0 Å². The molecular formula is C14H29NO2. The van der Waals surface area contributed by atoms with Gasteiger partial charge in [-0.1, -0.05) is 41.5 Å². The lowest BCUT2D eigenvalue weighted by molar-refractivity contribution is -0.130. The van der Waals surface area contributed by atoms with Gasteiger partial charge < -0.3 is 9.69 Å². The van der Waals surface area contributed by atoms with Gasteiger partial charge in [-0.3, -0.25) is 4.79 Å². The molecule has 0 aromatic rings. The third-order valence-electron chi connectivity index (χ3n) is 3.08. The van der Waals surface area contributed by atoms with Gasteiger partial charge in [0.25, 0.3) is 0 Å². The van der Waals surface area contributed by atoms with Gasteiger partial charge in [-0.05, 0) is 18.3 Å². The largest absolute Gasteiger partial charge is 0.342 e. The third-order valence-corrected chi connectivity index (χ3v) is 3.08. The number of aldehydes is 1. The van der Waals surface area contributed by atoms with Crippen LogP contribution in [0.4, 0.5) is 0 Å². The molecule has 0 N–H and O–H groups in total. The van der Waals surface area contributed by atoms with Crippen molar-refractivity contribution in [2.75, 3.05) is 13.1 Å². The molecule has 1 aliphatic heterocycles. The molecule has 0 bridgehead atoms. The summed E-state index contributed by atoms with van der Waals surface area (Å²) in [6, 6.07) is 0. The van der Waals surface area contributed by atoms with Gasteiger partial charge in [0.15, 0.2) is 0 Å². The van der Waals surface area contributed by atoms with Crippen molar-refractivity contribution in [2.45, 2.75) is 54.9 Å². The number of rotatable bonds is 1. The fourth-order valence-electron chi connectivity index (χ4n) is 1.70. The Morgan fingerprint density at radius 3 is 2.06 bits per heavy atom. The first-order valence-corrected chi connectivity index (χ1v) is 6.56. The molecule has 0 spiro atoms. The molecule has 0 saturated carbocycles. The molecule has 102 valence electrons. The van der Waals surface area contributed by atoms with Crippen LogP contribution < -0.4 is 0 Å². The molecule has 1 fully saturated rings. The lowest BCUT2D eigenvalue weighted by Crippen LogP contribution is -2.29. The van der Waals surface area contributed by atoms with E-state index < -0.39 is 0 Å². The van der Waals surface area contributed by atoms with Gasteiger partial charge in [-0.2, -0.15) is 0 Å². The number of likely N-dealkylation sites (tertiary alicyclic amines) is 1. The molecule has 1 saturated heterocycles. The maximum Gasteiger partial charge on any atom is 0.222 e. The second kappa shape index (κ2) is 9.20. The molecule has 1 rings (SSSR count). The highest BCUT2D eigenvalue weighted by atomic mass is 16.2. The number of amides is 1. The van der Waals surface area contributed by atoms with Crippen LogP contribution >= 0.6 is 0 Å². The fourth-order valence-corrected chi connectivity index (χ4v) is 1.70. The zero-order valence-electron chi connectivity index (χ0n) is 12.5. The Balaban J connectivity index is 0. The van der Waals surface area contributed by atoms with E-state index in [2.05, 4.69) is 20.8 Å². The molecule has 0 aliphatic carbocycles. The highest BCUT2D eigenvalue weighted by molar-refractivity contribution is 5.76. The van der Waals surface area contributed by atoms with Crippen molar-refractivity contribution < 1.29 is 9.59 Å². The second-order valence-electron chi connectivity index (χ2n) is 4.75. The molecule has 1 aliphatic rings. The van der Waals surface area contributed by atoms with Gasteiger partial charge in [0.05, 0.1) is 0 Å². The van der Waals surface area contributed by atoms with Crippen LogP contribution in [0.2, 0.25) is 0 Å². The standard InChI is InChI=1S/C10H19NO.C2H4O.C2H6/c1-5-9(12)11-6-8(2)10(3,4)7-11;1-2-3;1-2/h8H,5-7H2,1-4H3;2H,1H3;1-2H3. The highest BCUT2D eigenvalue weighted by Gasteiger charge is 2.37. The molecule has 3 nitrogen and oxygen atoms in total. The van der Waals surface area contributed by atoms with Crippen molar-refractivity contribution in [3.05, 3.63) is 0 Å². The Labute approximate surface area is 107 Å². The van der Waals surface area contributed by atoms with E-state index in [9.17, 15) is 4.79 Å². The number of nitrogens with zero attached hydrogens (tertiary/aromatic N) is 1. The second-order valence-corrected chi connectivity index (χ2v) is 4.75. The van der Waals surface area contributed by atoms with Gasteiger partial charge >= 0.3 is 0 Å². The Hall–Kier alpha value is -0.860. The summed E-state index contributed by atoms with van der Waals surface area (Å²) in [5.74, 6) is 0.931. The molecule has 0 aromatic carbocycles. The zero-order chi connectivity index (χ0) is 14.1. The van der Waals surface area contributed by atoms with E-state index in [1.54, 1.807) is 0 Å². The van der Waals surface area contributed by atoms with Crippen LogP contribution in [0, 0.1) is 11.3 Å². The van der Waals surface area contributed by atoms with Crippen molar-refractivity contribution in [3.63, 3.8) is 0 Å². The zero-order valence-corrected chi connectivity index (χ0v) is 12.5. The van der Waals surface area contributed by atoms with Crippen LogP contribution in [0.25, 0.3) is 0 Å². The lowest BCUT2D eigenvalue weighted by atomic mass is 9.84. The Morgan fingerprint density at radius 2 is 1.82 bits per heavy atom. The average Bonchev–Trinajstić information content (AvgIpc) is 2.56. The predicted molar refractivity (Wildman–Crippen MR) is 72.9 cm³/mol. The van der Waals surface area contributed by atoms with Gasteiger partial charge in [0.2, 0.25) is 5.91 Å². The maximum absolute atomic E-state index is 11.4. The molecule has 0 aromatic heterocycles. The number of carbonyl (C=O) groups is 2. The van der Waals surface area contributed by atoms with Crippen molar-refractivity contribution in [2.24, 2.45) is 11.3 Å². The summed E-state index contributed by atoms with van der Waals surface area (Å²) >= 11 is 0. The van der Waals surface area contributed by atoms with Crippen LogP contribution in [0.15, 0.2) is 0 Å². The Morgan fingerprint density at radius 1 is 1.41 bits per heavy atom. The highest BCUT2D eigenvalue weighted by Crippen LogP contribution is 2.34. The summed E-state index contributed by atoms with van der Waals surface area (Å²) in [5.41, 5.74) is 0.310. The van der Waals surface area contributed by atoms with Crippen molar-refractivity contribution in [1.82, 2.24) is 4.90 Å². The van der Waals surface area contributed by atoms with Crippen LogP contribution in [0.5, 0.6) is 0 Å². The molecule has 1 heterocycles. The van der Waals surface area contributed by atoms with Crippen LogP contribution in [0.1, 0.15) is 54.9 Å². The van der Waals surface area contributed by atoms with E-state index >= 15 is 0 Å². The van der Waals surface area contributed by atoms with Gasteiger partial charge in [-0.15, -0.1) is 0 Å². The SMILES string of the molecule is CC.CC=O.CCC(=O)N1CC(C)C(C)(C)C1. The monoisotopic (exact) mass is 243 g/mol. The molecule has 1 unspecified atom stereocenters. The van der Waals surface area contributed by atoms with Crippen molar-refractivity contribution in [1.29, 1.82) is 0 Å². The minimum atomic E-state index is 0.299. The smallest absolute Gasteiger partial charge is 0.222 e. The molecule has 0 radical (unpaired) electrons. The summed E-state index contributed by atoms with van der Waals surface area (Å²) < 4.78 is 0. The number of carbonyl (C=O) groups excluding carboxylic acids is 2. The predicted octanol–water partition coefficient (Wildman–Crippen LogP) is 3.13. The summed E-state index contributed by atoms with van der Waals surface area (Å²) in [7, 11) is 0. The molecule has 1 amide bonds. The van der Waals surface area contributed by atoms with E-state index in [0.717, 1.165) is 19.4 Å². The lowest BCUT2D eigenvalue weighted by Gasteiger charge is -2.21. The van der Waals surface area contributed by atoms with Crippen molar-refractivity contribution in [3.8, 4) is 0 Å². The van der Waals surface area contributed by atoms with E-state index in [-0.39, 0.29) is 0 Å². The topological polar surface area (TPSA) is 37.4 Å². The maximum atomic E-state index is 11.4. The fraction of sp³-hybridized carbons (Fsp3) is 0.857. The van der Waals surface area contributed by atoms with E-state index in [1.165, 1.54) is 6.92 Å². The molecule has 3 heteroatoms. The first-order valence-electron chi connectivity index (χ1n) is 6.56. The summed E-state index contributed by atoms with van der Waals surface area (Å²) in [6.07, 6.45) is 1.39. The first kappa shape index (κ1) is 18.5. The normalized spacial score (nSPS) is 20.6. The Kier molecular flexibility index (Phi) is 10.0. The van der Waals surface area contributed by atoms with Gasteiger partial charge in [0.1, 0.15) is 6.29 Å². The molecular weight excluding hydrogens is 214 g/mol. The quantitative estimate of drug-likeness (QED) is 0.663. The van der Waals surface area contributed by atoms with E-state index in [1.807, 2.05) is 25.7 Å². The van der Waals surface area contributed by atoms with Gasteiger partial charge in [0, 0.05) is 19.5 Å². The van der Waals surface area contributed by atoms with E-state index in [4.69, 9.17) is 4.79 Å². The third kappa shape index (κ3) is 6.44. The average molecular weight is 243 g/mol. The molecule has 1 atom stereocenters. The summed E-state index contributed by atoms with van der Waals surface area (Å²) in [5, 5.41) is 0. The summed E-state index contributed by atoms with van der Waals surface area (Å²) in [4.78, 5) is 22.2. The van der Waals surface area contributed by atoms with E-state index in [0.29, 0.717) is 23.7 Å². The first-order chi connectivity index (χ1) is 7.88. The number of hydrogen-bond donors (Lipinski definition) is 0. The number of hydrogen-bond acceptors (Lipinski definition) is 2. The van der Waals surface area contributed by atoms with Crippen LogP contribution in [-0.4, -0.2) is 30.2 Å². The Bertz CT molecular complexity index is 224. The van der Waals surface area contributed by atoms with Crippen molar-refractivity contribution >= 4 is 12.2 Å². The minimum Gasteiger partial charge on any atom is -0.342 e. The van der Waals surface area contributed by atoms with Crippen LogP contribution in [-0.2, 0) is 9.59 Å². The summed E-state index contributed by atoms with van der Waals surface area (Å²) in [6.45, 7) is 15.9. The minimum absolute atomic E-state index is 0.299.